The van der Waals surface area contributed by atoms with E-state index in [2.05, 4.69) is 0 Å². The third-order valence-electron chi connectivity index (χ3n) is 4.86. The molecule has 184 valence electrons. The minimum Gasteiger partial charge on any atom is -0.221 e. The van der Waals surface area contributed by atoms with Crippen LogP contribution in [0.4, 0.5) is 57.1 Å². The molecule has 0 aromatic heterocycles. The second-order valence-electron chi connectivity index (χ2n) is 7.12. The van der Waals surface area contributed by atoms with Crippen molar-refractivity contribution in [3.63, 3.8) is 0 Å². The van der Waals surface area contributed by atoms with Crippen LogP contribution in [0.5, 0.6) is 0 Å². The first-order valence-electron chi connectivity index (χ1n) is 8.91. The van der Waals surface area contributed by atoms with Gasteiger partial charge in [0.1, 0.15) is 5.82 Å². The van der Waals surface area contributed by atoms with Crippen LogP contribution in [0.3, 0.4) is 0 Å². The molecular weight excluding hydrogens is 487 g/mol. The first kappa shape index (κ1) is 26.8. The second kappa shape index (κ2) is 8.08. The average molecular weight is 500 g/mol. The molecule has 0 radical (unpaired) electrons. The van der Waals surface area contributed by atoms with E-state index < -0.39 is 70.2 Å². The van der Waals surface area contributed by atoms with Gasteiger partial charge in [0.15, 0.2) is 0 Å². The van der Waals surface area contributed by atoms with Crippen molar-refractivity contribution in [1.82, 2.24) is 0 Å². The molecule has 0 amide bonds. The van der Waals surface area contributed by atoms with Gasteiger partial charge < -0.3 is 0 Å². The van der Waals surface area contributed by atoms with E-state index >= 15 is 4.39 Å². The van der Waals surface area contributed by atoms with Gasteiger partial charge in [0.05, 0.1) is 5.56 Å². The first-order chi connectivity index (χ1) is 14.7. The molecule has 13 heteroatoms. The van der Waals surface area contributed by atoms with E-state index in [1.807, 2.05) is 0 Å². The van der Waals surface area contributed by atoms with Gasteiger partial charge in [-0.25, -0.2) is 8.78 Å². The van der Waals surface area contributed by atoms with Gasteiger partial charge in [0, 0.05) is 5.56 Å². The molecule has 0 aliphatic rings. The van der Waals surface area contributed by atoms with Crippen LogP contribution in [-0.2, 0) is 18.3 Å². The maximum atomic E-state index is 15.3. The van der Waals surface area contributed by atoms with Crippen LogP contribution in [0.25, 0.3) is 11.1 Å². The van der Waals surface area contributed by atoms with Gasteiger partial charge in [0.25, 0.3) is 0 Å². The minimum absolute atomic E-state index is 0.0538. The van der Waals surface area contributed by atoms with Crippen LogP contribution in [0.2, 0.25) is 0 Å². The third kappa shape index (κ3) is 4.37. The van der Waals surface area contributed by atoms with Gasteiger partial charge >= 0.3 is 30.1 Å². The molecule has 0 N–H and O–H groups in total. The zero-order valence-electron chi connectivity index (χ0n) is 16.5. The molecule has 1 atom stereocenters. The van der Waals surface area contributed by atoms with Gasteiger partial charge in [-0.3, -0.25) is 0 Å². The lowest BCUT2D eigenvalue weighted by Gasteiger charge is -2.38. The number of hydrogen-bond acceptors (Lipinski definition) is 0. The Morgan fingerprint density at radius 1 is 0.697 bits per heavy atom. The predicted octanol–water partition coefficient (Wildman–Crippen LogP) is 8.31. The monoisotopic (exact) mass is 500 g/mol. The number of aryl methyl sites for hydroxylation is 2. The molecule has 33 heavy (non-hydrogen) atoms. The fourth-order valence-corrected chi connectivity index (χ4v) is 3.35. The molecule has 0 saturated heterocycles. The summed E-state index contributed by atoms with van der Waals surface area (Å²) in [7, 11) is 0. The Morgan fingerprint density at radius 3 is 1.67 bits per heavy atom. The molecule has 0 heterocycles. The highest BCUT2D eigenvalue weighted by molar-refractivity contribution is 5.74. The van der Waals surface area contributed by atoms with Crippen LogP contribution < -0.4 is 0 Å². The molecule has 0 aliphatic heterocycles. The molecule has 0 fully saturated rings. The van der Waals surface area contributed by atoms with Gasteiger partial charge in [-0.15, -0.1) is 0 Å². The van der Waals surface area contributed by atoms with Crippen LogP contribution in [-0.4, -0.2) is 18.3 Å². The summed E-state index contributed by atoms with van der Waals surface area (Å²) in [4.78, 5) is 0. The standard InChI is InChI=1S/C20H13F13/c1-3-10-6-9(2)7-13(16(22,19(28,29)30)18(26,27)20(31,32)33)15(10)11-4-5-14(21)12(8-11)17(23,24)25/h4-8H,3H2,1-2H3. The van der Waals surface area contributed by atoms with Crippen LogP contribution in [0.15, 0.2) is 30.3 Å². The van der Waals surface area contributed by atoms with Gasteiger partial charge in [-0.05, 0) is 42.2 Å². The molecule has 0 spiro atoms. The first-order valence-corrected chi connectivity index (χ1v) is 8.91. The summed E-state index contributed by atoms with van der Waals surface area (Å²) in [5, 5.41) is 0. The maximum absolute atomic E-state index is 15.3. The smallest absolute Gasteiger partial charge is 0.221 e. The summed E-state index contributed by atoms with van der Waals surface area (Å²) in [6, 6.07) is 1.53. The molecule has 1 unspecified atom stereocenters. The minimum atomic E-state index is -7.03. The van der Waals surface area contributed by atoms with Crippen molar-refractivity contribution in [1.29, 1.82) is 0 Å². The number of alkyl halides is 12. The van der Waals surface area contributed by atoms with Gasteiger partial charge in [-0.2, -0.15) is 48.3 Å². The average Bonchev–Trinajstić information content (AvgIpc) is 2.64. The van der Waals surface area contributed by atoms with Crippen molar-refractivity contribution >= 4 is 0 Å². The lowest BCUT2D eigenvalue weighted by Crippen LogP contribution is -2.60. The predicted molar refractivity (Wildman–Crippen MR) is 90.8 cm³/mol. The third-order valence-corrected chi connectivity index (χ3v) is 4.86. The summed E-state index contributed by atoms with van der Waals surface area (Å²) in [6.45, 7) is 2.17. The van der Waals surface area contributed by atoms with E-state index in [4.69, 9.17) is 0 Å². The number of rotatable bonds is 4. The molecule has 0 saturated carbocycles. The largest absolute Gasteiger partial charge is 0.457 e. The summed E-state index contributed by atoms with van der Waals surface area (Å²) in [6.07, 6.45) is -19.7. The molecule has 2 aromatic rings. The molecule has 0 aliphatic carbocycles. The molecule has 0 nitrogen and oxygen atoms in total. The second-order valence-corrected chi connectivity index (χ2v) is 7.12. The SMILES string of the molecule is CCc1cc(C)cc(C(F)(C(F)(F)F)C(F)(F)C(F)(F)F)c1-c1ccc(F)c(C(F)(F)F)c1. The highest BCUT2D eigenvalue weighted by Gasteiger charge is 2.82. The molecular formula is C20H13F13. The van der Waals surface area contributed by atoms with Crippen molar-refractivity contribution in [3.05, 3.63) is 58.4 Å². The lowest BCUT2D eigenvalue weighted by molar-refractivity contribution is -0.389. The van der Waals surface area contributed by atoms with Crippen molar-refractivity contribution in [2.75, 3.05) is 0 Å². The van der Waals surface area contributed by atoms with Gasteiger partial charge in [-0.1, -0.05) is 30.7 Å². The molecule has 0 bridgehead atoms. The molecule has 2 rings (SSSR count). The van der Waals surface area contributed by atoms with E-state index in [1.54, 1.807) is 0 Å². The molecule has 2 aromatic carbocycles. The summed E-state index contributed by atoms with van der Waals surface area (Å²) in [5.41, 5.74) is -13.8. The summed E-state index contributed by atoms with van der Waals surface area (Å²) >= 11 is 0. The fraction of sp³-hybridized carbons (Fsp3) is 0.400. The van der Waals surface area contributed by atoms with E-state index in [1.165, 1.54) is 6.92 Å². The van der Waals surface area contributed by atoms with Crippen molar-refractivity contribution < 1.29 is 57.1 Å². The normalized spacial score (nSPS) is 15.5. The fourth-order valence-electron chi connectivity index (χ4n) is 3.35. The highest BCUT2D eigenvalue weighted by Crippen LogP contribution is 2.60. The van der Waals surface area contributed by atoms with E-state index in [0.29, 0.717) is 6.07 Å². The van der Waals surface area contributed by atoms with Crippen LogP contribution >= 0.6 is 0 Å². The Hall–Kier alpha value is -2.47. The van der Waals surface area contributed by atoms with Crippen LogP contribution in [0, 0.1) is 12.7 Å². The highest BCUT2D eigenvalue weighted by atomic mass is 19.4. The maximum Gasteiger partial charge on any atom is 0.457 e. The summed E-state index contributed by atoms with van der Waals surface area (Å²) < 4.78 is 176. The van der Waals surface area contributed by atoms with E-state index in [9.17, 15) is 52.7 Å². The number of hydrogen-bond donors (Lipinski definition) is 0. The Labute approximate surface area is 178 Å². The quantitative estimate of drug-likeness (QED) is 0.371. The van der Waals surface area contributed by atoms with Crippen molar-refractivity contribution in [2.45, 2.75) is 50.4 Å². The van der Waals surface area contributed by atoms with Crippen molar-refractivity contribution in [3.8, 4) is 11.1 Å². The van der Waals surface area contributed by atoms with Crippen LogP contribution in [0.1, 0.15) is 29.2 Å². The zero-order valence-corrected chi connectivity index (χ0v) is 16.5. The summed E-state index contributed by atoms with van der Waals surface area (Å²) in [5.74, 6) is -8.92. The topological polar surface area (TPSA) is 0 Å². The van der Waals surface area contributed by atoms with E-state index in [-0.39, 0.29) is 23.8 Å². The Bertz CT molecular complexity index is 1030. The Morgan fingerprint density at radius 2 is 1.24 bits per heavy atom. The van der Waals surface area contributed by atoms with Gasteiger partial charge in [0.2, 0.25) is 0 Å². The van der Waals surface area contributed by atoms with E-state index in [0.717, 1.165) is 13.0 Å². The number of benzene rings is 2. The number of halogens is 13. The Balaban J connectivity index is 3.10. The zero-order chi connectivity index (χ0) is 25.8. The Kier molecular flexibility index (Phi) is 6.56. The van der Waals surface area contributed by atoms with Crippen molar-refractivity contribution in [2.24, 2.45) is 0 Å². The lowest BCUT2D eigenvalue weighted by atomic mass is 9.79.